The summed E-state index contributed by atoms with van der Waals surface area (Å²) in [5.41, 5.74) is 0.377. The van der Waals surface area contributed by atoms with Crippen molar-refractivity contribution in [2.24, 2.45) is 0 Å². The van der Waals surface area contributed by atoms with Gasteiger partial charge in [-0.15, -0.1) is 0 Å². The normalized spacial score (nSPS) is 12.8. The Morgan fingerprint density at radius 1 is 1.03 bits per heavy atom. The molecule has 2 aromatic rings. The molecule has 0 atom stereocenters. The Hall–Kier alpha value is -3.49. The number of ether oxygens (including phenoxy) is 1. The van der Waals surface area contributed by atoms with Crippen molar-refractivity contribution < 1.29 is 27.9 Å². The van der Waals surface area contributed by atoms with Crippen LogP contribution in [0.3, 0.4) is 0 Å². The minimum atomic E-state index is -0.867. The van der Waals surface area contributed by atoms with E-state index in [2.05, 4.69) is 10.6 Å². The van der Waals surface area contributed by atoms with Crippen LogP contribution in [0.2, 0.25) is 0 Å². The largest absolute Gasteiger partial charge is 0.497 e. The van der Waals surface area contributed by atoms with Gasteiger partial charge in [-0.25, -0.2) is 8.78 Å². The quantitative estimate of drug-likeness (QED) is 0.690. The van der Waals surface area contributed by atoms with Crippen LogP contribution in [-0.4, -0.2) is 48.9 Å². The van der Waals surface area contributed by atoms with Crippen molar-refractivity contribution in [1.29, 1.82) is 0 Å². The van der Waals surface area contributed by atoms with Crippen molar-refractivity contribution in [2.75, 3.05) is 25.5 Å². The summed E-state index contributed by atoms with van der Waals surface area (Å²) in [6.07, 6.45) is 1.41. The van der Waals surface area contributed by atoms with Gasteiger partial charge in [-0.05, 0) is 49.2 Å². The minimum absolute atomic E-state index is 0.163. The van der Waals surface area contributed by atoms with Gasteiger partial charge in [-0.2, -0.15) is 0 Å². The molecular weight excluding hydrogens is 396 g/mol. The van der Waals surface area contributed by atoms with Gasteiger partial charge in [0.05, 0.1) is 13.7 Å². The number of benzene rings is 2. The number of carbonyl (C=O) groups excluding carboxylic acids is 3. The maximum absolute atomic E-state index is 13.4. The lowest BCUT2D eigenvalue weighted by Crippen LogP contribution is -2.44. The van der Waals surface area contributed by atoms with Crippen LogP contribution in [0.1, 0.15) is 23.2 Å². The highest BCUT2D eigenvalue weighted by Gasteiger charge is 2.34. The molecule has 0 aromatic heterocycles. The van der Waals surface area contributed by atoms with E-state index in [4.69, 9.17) is 4.74 Å². The van der Waals surface area contributed by atoms with Crippen molar-refractivity contribution in [1.82, 2.24) is 10.2 Å². The van der Waals surface area contributed by atoms with Crippen LogP contribution in [-0.2, 0) is 9.59 Å². The topological polar surface area (TPSA) is 87.7 Å². The van der Waals surface area contributed by atoms with Crippen LogP contribution >= 0.6 is 0 Å². The fraction of sp³-hybridized carbons (Fsp3) is 0.286. The number of hydrogen-bond donors (Lipinski definition) is 2. The second-order valence-electron chi connectivity index (χ2n) is 6.88. The van der Waals surface area contributed by atoms with Crippen molar-refractivity contribution in [3.63, 3.8) is 0 Å². The van der Waals surface area contributed by atoms with E-state index in [0.29, 0.717) is 30.3 Å². The summed E-state index contributed by atoms with van der Waals surface area (Å²) in [6.45, 7) is -0.594. The van der Waals surface area contributed by atoms with Crippen molar-refractivity contribution in [3.8, 4) is 5.75 Å². The monoisotopic (exact) mass is 417 g/mol. The summed E-state index contributed by atoms with van der Waals surface area (Å²) in [7, 11) is 1.53. The van der Waals surface area contributed by atoms with Crippen molar-refractivity contribution >= 4 is 23.4 Å². The molecule has 2 N–H and O–H groups in total. The Morgan fingerprint density at radius 2 is 1.67 bits per heavy atom. The number of nitrogens with zero attached hydrogens (tertiary/aromatic N) is 1. The molecule has 0 bridgehead atoms. The van der Waals surface area contributed by atoms with E-state index in [1.165, 1.54) is 12.0 Å². The highest BCUT2D eigenvalue weighted by atomic mass is 19.1. The van der Waals surface area contributed by atoms with Crippen molar-refractivity contribution in [3.05, 3.63) is 59.7 Å². The van der Waals surface area contributed by atoms with Gasteiger partial charge in [0.15, 0.2) is 0 Å². The summed E-state index contributed by atoms with van der Waals surface area (Å²) in [4.78, 5) is 38.1. The first-order valence-corrected chi connectivity index (χ1v) is 9.33. The van der Waals surface area contributed by atoms with E-state index in [9.17, 15) is 23.2 Å². The Labute approximate surface area is 172 Å². The summed E-state index contributed by atoms with van der Waals surface area (Å²) in [5, 5.41) is 5.07. The third-order valence-corrected chi connectivity index (χ3v) is 4.49. The fourth-order valence-corrected chi connectivity index (χ4v) is 2.87. The number of hydrogen-bond acceptors (Lipinski definition) is 4. The first kappa shape index (κ1) is 21.2. The number of nitrogens with one attached hydrogen (secondary N) is 2. The lowest BCUT2D eigenvalue weighted by Gasteiger charge is -2.22. The Morgan fingerprint density at radius 3 is 2.23 bits per heavy atom. The van der Waals surface area contributed by atoms with Gasteiger partial charge in [-0.1, -0.05) is 0 Å². The fourth-order valence-electron chi connectivity index (χ4n) is 2.87. The number of rotatable bonds is 8. The second kappa shape index (κ2) is 9.34. The number of methoxy groups -OCH3 is 1. The van der Waals surface area contributed by atoms with Crippen LogP contribution in [0.4, 0.5) is 14.5 Å². The maximum Gasteiger partial charge on any atom is 0.254 e. The molecule has 0 spiro atoms. The van der Waals surface area contributed by atoms with Gasteiger partial charge in [0.1, 0.15) is 23.9 Å². The molecule has 1 aliphatic rings. The van der Waals surface area contributed by atoms with E-state index in [0.717, 1.165) is 12.1 Å². The van der Waals surface area contributed by atoms with Crippen LogP contribution in [0.25, 0.3) is 0 Å². The Kier molecular flexibility index (Phi) is 6.61. The van der Waals surface area contributed by atoms with Crippen LogP contribution in [0, 0.1) is 11.6 Å². The summed E-state index contributed by atoms with van der Waals surface area (Å²) >= 11 is 0. The molecular formula is C21H21F2N3O4. The Bertz CT molecular complexity index is 926. The van der Waals surface area contributed by atoms with Gasteiger partial charge in [0.25, 0.3) is 5.91 Å². The molecule has 1 fully saturated rings. The summed E-state index contributed by atoms with van der Waals surface area (Å²) in [6, 6.07) is 9.05. The average Bonchev–Trinajstić information content (AvgIpc) is 3.55. The predicted octanol–water partition coefficient (Wildman–Crippen LogP) is 2.33. The number of carbonyl (C=O) groups is 3. The molecule has 7 nitrogen and oxygen atoms in total. The highest BCUT2D eigenvalue weighted by molar-refractivity contribution is 5.98. The summed E-state index contributed by atoms with van der Waals surface area (Å²) in [5.74, 6) is -2.71. The van der Waals surface area contributed by atoms with E-state index in [-0.39, 0.29) is 24.7 Å². The molecule has 30 heavy (non-hydrogen) atoms. The van der Waals surface area contributed by atoms with Gasteiger partial charge in [0.2, 0.25) is 11.8 Å². The van der Waals surface area contributed by atoms with E-state index >= 15 is 0 Å². The molecule has 158 valence electrons. The van der Waals surface area contributed by atoms with E-state index in [1.807, 2.05) is 0 Å². The molecule has 0 radical (unpaired) electrons. The molecule has 3 amide bonds. The van der Waals surface area contributed by atoms with Crippen LogP contribution in [0.5, 0.6) is 5.75 Å². The second-order valence-corrected chi connectivity index (χ2v) is 6.88. The van der Waals surface area contributed by atoms with Gasteiger partial charge >= 0.3 is 0 Å². The third kappa shape index (κ3) is 5.76. The van der Waals surface area contributed by atoms with Crippen LogP contribution < -0.4 is 15.4 Å². The molecule has 0 unspecified atom stereocenters. The molecule has 0 heterocycles. The zero-order valence-electron chi connectivity index (χ0n) is 16.3. The molecule has 9 heteroatoms. The van der Waals surface area contributed by atoms with Gasteiger partial charge < -0.3 is 20.3 Å². The van der Waals surface area contributed by atoms with E-state index in [1.54, 1.807) is 24.3 Å². The molecule has 0 saturated heterocycles. The van der Waals surface area contributed by atoms with Crippen LogP contribution in [0.15, 0.2) is 42.5 Å². The number of anilines is 1. The van der Waals surface area contributed by atoms with Gasteiger partial charge in [-0.3, -0.25) is 14.4 Å². The molecule has 1 aliphatic carbocycles. The zero-order chi connectivity index (χ0) is 21.7. The summed E-state index contributed by atoms with van der Waals surface area (Å²) < 4.78 is 31.9. The zero-order valence-corrected chi connectivity index (χ0v) is 16.3. The number of halogens is 2. The Balaban J connectivity index is 1.53. The molecule has 1 saturated carbocycles. The standard InChI is InChI=1S/C21H21F2N3O4/c1-30-18-6-2-16(3-7-18)25-19(27)11-24-20(28)12-26(17-4-5-17)21(29)13-8-14(22)10-15(23)9-13/h2-3,6-10,17H,4-5,11-12H2,1H3,(H,24,28)(H,25,27). The maximum atomic E-state index is 13.4. The SMILES string of the molecule is COc1ccc(NC(=O)CNC(=O)CN(C(=O)c2cc(F)cc(F)c2)C2CC2)cc1. The lowest BCUT2D eigenvalue weighted by molar-refractivity contribution is -0.124. The average molecular weight is 417 g/mol. The first-order chi connectivity index (χ1) is 14.4. The smallest absolute Gasteiger partial charge is 0.254 e. The molecule has 2 aromatic carbocycles. The van der Waals surface area contributed by atoms with Crippen molar-refractivity contribution in [2.45, 2.75) is 18.9 Å². The molecule has 0 aliphatic heterocycles. The van der Waals surface area contributed by atoms with Gasteiger partial charge in [0, 0.05) is 23.4 Å². The third-order valence-electron chi connectivity index (χ3n) is 4.49. The van der Waals surface area contributed by atoms with E-state index < -0.39 is 29.4 Å². The number of amides is 3. The predicted molar refractivity (Wildman–Crippen MR) is 105 cm³/mol. The molecule has 3 rings (SSSR count). The lowest BCUT2D eigenvalue weighted by atomic mass is 10.2. The first-order valence-electron chi connectivity index (χ1n) is 9.33. The minimum Gasteiger partial charge on any atom is -0.497 e. The highest BCUT2D eigenvalue weighted by Crippen LogP contribution is 2.28.